The van der Waals surface area contributed by atoms with E-state index < -0.39 is 0 Å². The SMILES string of the molecule is Cc1oc(-c2ccccc2)nc1C(=O)N1CCN(C(=O)c2ccco2)CC1. The molecule has 0 unspecified atom stereocenters. The first-order valence-corrected chi connectivity index (χ1v) is 8.78. The number of aromatic nitrogens is 1. The van der Waals surface area contributed by atoms with Crippen LogP contribution < -0.4 is 0 Å². The van der Waals surface area contributed by atoms with E-state index in [1.165, 1.54) is 6.26 Å². The predicted octanol–water partition coefficient (Wildman–Crippen LogP) is 2.84. The molecule has 1 saturated heterocycles. The number of hydrogen-bond acceptors (Lipinski definition) is 5. The van der Waals surface area contributed by atoms with Crippen LogP contribution in [0, 0.1) is 6.92 Å². The highest BCUT2D eigenvalue weighted by Gasteiger charge is 2.29. The number of piperazine rings is 1. The molecular formula is C20H19N3O4. The molecule has 3 aromatic rings. The van der Waals surface area contributed by atoms with Crippen LogP contribution in [0.3, 0.4) is 0 Å². The molecule has 0 bridgehead atoms. The van der Waals surface area contributed by atoms with Gasteiger partial charge in [0, 0.05) is 31.7 Å². The van der Waals surface area contributed by atoms with E-state index in [1.807, 2.05) is 30.3 Å². The Balaban J connectivity index is 1.44. The molecule has 138 valence electrons. The van der Waals surface area contributed by atoms with Gasteiger partial charge in [0.15, 0.2) is 11.5 Å². The Labute approximate surface area is 156 Å². The fourth-order valence-electron chi connectivity index (χ4n) is 3.12. The molecule has 7 heteroatoms. The number of aryl methyl sites for hydroxylation is 1. The zero-order chi connectivity index (χ0) is 18.8. The van der Waals surface area contributed by atoms with E-state index in [4.69, 9.17) is 8.83 Å². The molecule has 0 atom stereocenters. The van der Waals surface area contributed by atoms with Gasteiger partial charge in [-0.3, -0.25) is 9.59 Å². The summed E-state index contributed by atoms with van der Waals surface area (Å²) < 4.78 is 10.8. The van der Waals surface area contributed by atoms with Crippen molar-refractivity contribution in [3.63, 3.8) is 0 Å². The van der Waals surface area contributed by atoms with Crippen molar-refractivity contribution in [2.24, 2.45) is 0 Å². The van der Waals surface area contributed by atoms with Gasteiger partial charge in [0.25, 0.3) is 11.8 Å². The van der Waals surface area contributed by atoms with Crippen LogP contribution in [0.4, 0.5) is 0 Å². The van der Waals surface area contributed by atoms with E-state index in [1.54, 1.807) is 28.9 Å². The summed E-state index contributed by atoms with van der Waals surface area (Å²) in [6.45, 7) is 3.53. The molecule has 1 fully saturated rings. The molecule has 0 radical (unpaired) electrons. The summed E-state index contributed by atoms with van der Waals surface area (Å²) in [7, 11) is 0. The third kappa shape index (κ3) is 3.36. The van der Waals surface area contributed by atoms with Crippen molar-refractivity contribution >= 4 is 11.8 Å². The van der Waals surface area contributed by atoms with Crippen molar-refractivity contribution < 1.29 is 18.4 Å². The number of furan rings is 1. The maximum absolute atomic E-state index is 12.9. The number of benzene rings is 1. The van der Waals surface area contributed by atoms with E-state index in [0.717, 1.165) is 5.56 Å². The molecule has 0 N–H and O–H groups in total. The molecule has 1 aliphatic rings. The fourth-order valence-corrected chi connectivity index (χ4v) is 3.12. The van der Waals surface area contributed by atoms with Crippen molar-refractivity contribution in [3.05, 3.63) is 65.9 Å². The van der Waals surface area contributed by atoms with Gasteiger partial charge in [-0.25, -0.2) is 4.98 Å². The number of amides is 2. The zero-order valence-electron chi connectivity index (χ0n) is 14.9. The van der Waals surface area contributed by atoms with Gasteiger partial charge < -0.3 is 18.6 Å². The van der Waals surface area contributed by atoms with Crippen molar-refractivity contribution in [1.29, 1.82) is 0 Å². The smallest absolute Gasteiger partial charge is 0.289 e. The first kappa shape index (κ1) is 17.1. The first-order chi connectivity index (χ1) is 13.1. The highest BCUT2D eigenvalue weighted by atomic mass is 16.4. The molecule has 7 nitrogen and oxygen atoms in total. The topological polar surface area (TPSA) is 79.8 Å². The van der Waals surface area contributed by atoms with Gasteiger partial charge in [-0.05, 0) is 31.2 Å². The quantitative estimate of drug-likeness (QED) is 0.713. The minimum Gasteiger partial charge on any atom is -0.459 e. The van der Waals surface area contributed by atoms with Crippen LogP contribution in [0.2, 0.25) is 0 Å². The highest BCUT2D eigenvalue weighted by molar-refractivity contribution is 5.94. The molecule has 2 aromatic heterocycles. The van der Waals surface area contributed by atoms with Crippen molar-refractivity contribution in [3.8, 4) is 11.5 Å². The number of rotatable bonds is 3. The summed E-state index contributed by atoms with van der Waals surface area (Å²) in [4.78, 5) is 33.0. The molecule has 0 saturated carbocycles. The van der Waals surface area contributed by atoms with Crippen molar-refractivity contribution in [2.45, 2.75) is 6.92 Å². The molecule has 2 amide bonds. The van der Waals surface area contributed by atoms with Crippen LogP contribution in [0.25, 0.3) is 11.5 Å². The fraction of sp³-hybridized carbons (Fsp3) is 0.250. The Morgan fingerprint density at radius 2 is 1.59 bits per heavy atom. The highest BCUT2D eigenvalue weighted by Crippen LogP contribution is 2.22. The molecule has 4 rings (SSSR count). The third-order valence-electron chi connectivity index (χ3n) is 4.61. The Hall–Kier alpha value is -3.35. The van der Waals surface area contributed by atoms with Crippen LogP contribution >= 0.6 is 0 Å². The van der Waals surface area contributed by atoms with Gasteiger partial charge in [-0.15, -0.1) is 0 Å². The van der Waals surface area contributed by atoms with E-state index in [-0.39, 0.29) is 11.8 Å². The number of carbonyl (C=O) groups is 2. The minimum atomic E-state index is -0.177. The Bertz CT molecular complexity index is 939. The summed E-state index contributed by atoms with van der Waals surface area (Å²) in [5.41, 5.74) is 1.15. The van der Waals surface area contributed by atoms with Gasteiger partial charge in [0.05, 0.1) is 6.26 Å². The summed E-state index contributed by atoms with van der Waals surface area (Å²) in [6, 6.07) is 12.8. The number of nitrogens with zero attached hydrogens (tertiary/aromatic N) is 3. The normalized spacial score (nSPS) is 14.4. The van der Waals surface area contributed by atoms with Crippen molar-refractivity contribution in [2.75, 3.05) is 26.2 Å². The Morgan fingerprint density at radius 3 is 2.22 bits per heavy atom. The van der Waals surface area contributed by atoms with Gasteiger partial charge in [-0.2, -0.15) is 0 Å². The molecule has 1 aromatic carbocycles. The lowest BCUT2D eigenvalue weighted by Gasteiger charge is -2.34. The van der Waals surface area contributed by atoms with Crippen LogP contribution in [0.15, 0.2) is 57.6 Å². The van der Waals surface area contributed by atoms with Gasteiger partial charge >= 0.3 is 0 Å². The maximum Gasteiger partial charge on any atom is 0.289 e. The Morgan fingerprint density at radius 1 is 0.926 bits per heavy atom. The Kier molecular flexibility index (Phi) is 4.50. The summed E-state index contributed by atoms with van der Waals surface area (Å²) in [5, 5.41) is 0. The number of oxazole rings is 1. The molecule has 27 heavy (non-hydrogen) atoms. The van der Waals surface area contributed by atoms with Gasteiger partial charge in [-0.1, -0.05) is 18.2 Å². The largest absolute Gasteiger partial charge is 0.459 e. The van der Waals surface area contributed by atoms with E-state index >= 15 is 0 Å². The standard InChI is InChI=1S/C20H19N3O4/c1-14-17(21-18(27-14)15-6-3-2-4-7-15)20(25)23-11-9-22(10-12-23)19(24)16-8-5-13-26-16/h2-8,13H,9-12H2,1H3. The molecule has 0 aliphatic carbocycles. The predicted molar refractivity (Wildman–Crippen MR) is 97.2 cm³/mol. The van der Waals surface area contributed by atoms with Crippen LogP contribution in [0.1, 0.15) is 26.8 Å². The monoisotopic (exact) mass is 365 g/mol. The number of hydrogen-bond donors (Lipinski definition) is 0. The zero-order valence-corrected chi connectivity index (χ0v) is 14.9. The van der Waals surface area contributed by atoms with Crippen LogP contribution in [-0.2, 0) is 0 Å². The molecule has 1 aliphatic heterocycles. The second-order valence-electron chi connectivity index (χ2n) is 6.35. The van der Waals surface area contributed by atoms with Gasteiger partial charge in [0.2, 0.25) is 5.89 Å². The number of carbonyl (C=O) groups excluding carboxylic acids is 2. The lowest BCUT2D eigenvalue weighted by atomic mass is 10.2. The minimum absolute atomic E-state index is 0.156. The van der Waals surface area contributed by atoms with Crippen molar-refractivity contribution in [1.82, 2.24) is 14.8 Å². The average molecular weight is 365 g/mol. The van der Waals surface area contributed by atoms with Gasteiger partial charge in [0.1, 0.15) is 5.76 Å². The lowest BCUT2D eigenvalue weighted by Crippen LogP contribution is -2.50. The van der Waals surface area contributed by atoms with E-state index in [9.17, 15) is 9.59 Å². The van der Waals surface area contributed by atoms with Crippen LogP contribution in [0.5, 0.6) is 0 Å². The third-order valence-corrected chi connectivity index (χ3v) is 4.61. The lowest BCUT2D eigenvalue weighted by molar-refractivity contribution is 0.0514. The van der Waals surface area contributed by atoms with Crippen LogP contribution in [-0.4, -0.2) is 52.8 Å². The second kappa shape index (κ2) is 7.11. The summed E-state index contributed by atoms with van der Waals surface area (Å²) in [5.74, 6) is 0.908. The average Bonchev–Trinajstić information content (AvgIpc) is 3.38. The molecule has 3 heterocycles. The summed E-state index contributed by atoms with van der Waals surface area (Å²) in [6.07, 6.45) is 1.48. The van der Waals surface area contributed by atoms with E-state index in [2.05, 4.69) is 4.98 Å². The summed E-state index contributed by atoms with van der Waals surface area (Å²) >= 11 is 0. The molecule has 0 spiro atoms. The molecular weight excluding hydrogens is 346 g/mol. The first-order valence-electron chi connectivity index (χ1n) is 8.78. The maximum atomic E-state index is 12.9. The second-order valence-corrected chi connectivity index (χ2v) is 6.35. The van der Waals surface area contributed by atoms with E-state index in [0.29, 0.717) is 49.3 Å².